The van der Waals surface area contributed by atoms with Crippen LogP contribution in [0.4, 0.5) is 0 Å². The molecule has 4 nitrogen and oxygen atoms in total. The van der Waals surface area contributed by atoms with Gasteiger partial charge in [-0.1, -0.05) is 48.5 Å². The lowest BCUT2D eigenvalue weighted by atomic mass is 10.1. The number of benzene rings is 3. The summed E-state index contributed by atoms with van der Waals surface area (Å²) in [5.74, 6) is 0.137. The van der Waals surface area contributed by atoms with E-state index in [0.717, 1.165) is 21.8 Å². The first-order valence-corrected chi connectivity index (χ1v) is 10.3. The summed E-state index contributed by atoms with van der Waals surface area (Å²) in [5, 5.41) is 3.46. The van der Waals surface area contributed by atoms with Crippen molar-refractivity contribution >= 4 is 38.2 Å². The van der Waals surface area contributed by atoms with Crippen molar-refractivity contribution in [3.05, 3.63) is 77.3 Å². The number of quaternary nitrogens is 1. The van der Waals surface area contributed by atoms with Crippen LogP contribution >= 0.6 is 11.3 Å². The summed E-state index contributed by atoms with van der Waals surface area (Å²) in [7, 11) is 3.93. The number of likely N-dealkylation sites (N-methyl/N-ethyl adjacent to an activating group) is 2. The number of hydrogen-bond acceptors (Lipinski definition) is 3. The maximum absolute atomic E-state index is 12.7. The first kappa shape index (κ1) is 18.6. The molecule has 0 aliphatic carbocycles. The normalized spacial score (nSPS) is 12.4. The van der Waals surface area contributed by atoms with E-state index in [-0.39, 0.29) is 5.91 Å². The number of fused-ring (bicyclic) bond motifs is 2. The first-order chi connectivity index (χ1) is 13.6. The van der Waals surface area contributed by atoms with Crippen LogP contribution in [-0.2, 0) is 17.9 Å². The Morgan fingerprint density at radius 3 is 2.61 bits per heavy atom. The summed E-state index contributed by atoms with van der Waals surface area (Å²) in [5.41, 5.74) is 2.25. The summed E-state index contributed by atoms with van der Waals surface area (Å²) < 4.78 is 1.16. The number of nitrogens with zero attached hydrogens (tertiary/aromatic N) is 2. The molecule has 1 aromatic heterocycles. The van der Waals surface area contributed by atoms with Crippen LogP contribution in [0, 0.1) is 0 Å². The molecule has 0 aliphatic rings. The number of hydrogen-bond donors (Lipinski definition) is 1. The fourth-order valence-electron chi connectivity index (χ4n) is 3.43. The van der Waals surface area contributed by atoms with Gasteiger partial charge in [0.2, 0.25) is 0 Å². The van der Waals surface area contributed by atoms with Crippen LogP contribution < -0.4 is 4.90 Å². The number of nitrogens with one attached hydrogen (secondary N) is 1. The molecule has 0 fully saturated rings. The molecule has 1 heterocycles. The number of thiazole rings is 1. The average Bonchev–Trinajstić information content (AvgIpc) is 3.10. The Kier molecular flexibility index (Phi) is 5.37. The van der Waals surface area contributed by atoms with Crippen molar-refractivity contribution in [2.75, 3.05) is 20.6 Å². The van der Waals surface area contributed by atoms with Gasteiger partial charge in [-0.3, -0.25) is 4.79 Å². The maximum Gasteiger partial charge on any atom is 0.277 e. The summed E-state index contributed by atoms with van der Waals surface area (Å²) in [6.45, 7) is 1.85. The molecule has 5 heteroatoms. The molecular formula is C23H24N3OS+. The van der Waals surface area contributed by atoms with E-state index < -0.39 is 0 Å². The Morgan fingerprint density at radius 1 is 1.04 bits per heavy atom. The molecule has 3 aromatic carbocycles. The van der Waals surface area contributed by atoms with E-state index >= 15 is 0 Å². The molecule has 0 spiro atoms. The molecule has 4 aromatic rings. The highest BCUT2D eigenvalue weighted by molar-refractivity contribution is 7.18. The van der Waals surface area contributed by atoms with Crippen LogP contribution in [0.25, 0.3) is 21.0 Å². The minimum Gasteiger partial charge on any atom is -0.334 e. The van der Waals surface area contributed by atoms with Crippen molar-refractivity contribution in [1.29, 1.82) is 0 Å². The maximum atomic E-state index is 12.7. The molecule has 0 aliphatic heterocycles. The van der Waals surface area contributed by atoms with E-state index in [1.54, 1.807) is 16.2 Å². The zero-order valence-electron chi connectivity index (χ0n) is 16.2. The largest absolute Gasteiger partial charge is 0.334 e. The molecule has 0 radical (unpaired) electrons. The summed E-state index contributed by atoms with van der Waals surface area (Å²) in [6, 6.07) is 23.0. The predicted molar refractivity (Wildman–Crippen MR) is 115 cm³/mol. The molecule has 1 amide bonds. The van der Waals surface area contributed by atoms with Gasteiger partial charge < -0.3 is 9.80 Å². The topological polar surface area (TPSA) is 37.6 Å². The predicted octanol–water partition coefficient (Wildman–Crippen LogP) is 3.12. The minimum atomic E-state index is 0.137. The highest BCUT2D eigenvalue weighted by Gasteiger charge is 2.17. The van der Waals surface area contributed by atoms with Gasteiger partial charge in [0.15, 0.2) is 6.54 Å². The van der Waals surface area contributed by atoms with Gasteiger partial charge in [-0.15, -0.1) is 11.3 Å². The molecule has 0 saturated carbocycles. The standard InChI is InChI=1S/C23H23N3OS/c1-25(14-17-11-12-18-7-3-4-8-19(18)13-17)16-23(27)26(2)15-22-24-20-9-5-6-10-21(20)28-22/h3-13H,14-16H2,1-2H3/p+1. The van der Waals surface area contributed by atoms with Crippen LogP contribution in [0.1, 0.15) is 10.6 Å². The van der Waals surface area contributed by atoms with Crippen molar-refractivity contribution in [3.8, 4) is 0 Å². The number of para-hydroxylation sites is 1. The quantitative estimate of drug-likeness (QED) is 0.549. The Labute approximate surface area is 169 Å². The van der Waals surface area contributed by atoms with Crippen molar-refractivity contribution in [2.45, 2.75) is 13.1 Å². The van der Waals surface area contributed by atoms with Gasteiger partial charge in [-0.25, -0.2) is 4.98 Å². The molecular weight excluding hydrogens is 366 g/mol. The highest BCUT2D eigenvalue weighted by atomic mass is 32.1. The molecule has 4 rings (SSSR count). The third kappa shape index (κ3) is 4.21. The summed E-state index contributed by atoms with van der Waals surface area (Å²) >= 11 is 1.65. The van der Waals surface area contributed by atoms with Gasteiger partial charge in [0, 0.05) is 12.6 Å². The third-order valence-electron chi connectivity index (χ3n) is 4.91. The van der Waals surface area contributed by atoms with E-state index in [0.29, 0.717) is 13.1 Å². The summed E-state index contributed by atoms with van der Waals surface area (Å²) in [6.07, 6.45) is 0. The van der Waals surface area contributed by atoms with E-state index in [9.17, 15) is 4.79 Å². The van der Waals surface area contributed by atoms with E-state index in [2.05, 4.69) is 60.6 Å². The number of carbonyl (C=O) groups is 1. The number of aromatic nitrogens is 1. The van der Waals surface area contributed by atoms with Crippen molar-refractivity contribution in [3.63, 3.8) is 0 Å². The smallest absolute Gasteiger partial charge is 0.277 e. The van der Waals surface area contributed by atoms with Gasteiger partial charge in [0.25, 0.3) is 5.91 Å². The lowest BCUT2D eigenvalue weighted by Crippen LogP contribution is -3.08. The number of amides is 1. The van der Waals surface area contributed by atoms with Crippen LogP contribution in [0.3, 0.4) is 0 Å². The fourth-order valence-corrected chi connectivity index (χ4v) is 4.45. The van der Waals surface area contributed by atoms with Crippen molar-refractivity contribution < 1.29 is 9.69 Å². The molecule has 0 saturated heterocycles. The lowest BCUT2D eigenvalue weighted by Gasteiger charge is -2.19. The van der Waals surface area contributed by atoms with Gasteiger partial charge >= 0.3 is 0 Å². The third-order valence-corrected chi connectivity index (χ3v) is 5.93. The second-order valence-electron chi connectivity index (χ2n) is 7.32. The molecule has 28 heavy (non-hydrogen) atoms. The number of rotatable bonds is 6. The van der Waals surface area contributed by atoms with Gasteiger partial charge in [-0.05, 0) is 29.0 Å². The SMILES string of the molecule is CN(Cc1nc2ccccc2s1)C(=O)C[NH+](C)Cc1ccc2ccccc2c1. The fraction of sp³-hybridized carbons (Fsp3) is 0.217. The molecule has 1 N–H and O–H groups in total. The lowest BCUT2D eigenvalue weighted by molar-refractivity contribution is -0.885. The molecule has 142 valence electrons. The average molecular weight is 391 g/mol. The van der Waals surface area contributed by atoms with E-state index in [1.165, 1.54) is 21.2 Å². The van der Waals surface area contributed by atoms with Crippen LogP contribution in [-0.4, -0.2) is 36.4 Å². The Hall–Kier alpha value is -2.76. The Bertz CT molecular complexity index is 1090. The van der Waals surface area contributed by atoms with E-state index in [4.69, 9.17) is 0 Å². The summed E-state index contributed by atoms with van der Waals surface area (Å²) in [4.78, 5) is 20.2. The van der Waals surface area contributed by atoms with Crippen molar-refractivity contribution in [1.82, 2.24) is 9.88 Å². The number of carbonyl (C=O) groups excluding carboxylic acids is 1. The molecule has 0 bridgehead atoms. The second kappa shape index (κ2) is 8.09. The van der Waals surface area contributed by atoms with Gasteiger partial charge in [0.05, 0.1) is 23.8 Å². The zero-order chi connectivity index (χ0) is 19.5. The van der Waals surface area contributed by atoms with Gasteiger partial charge in [-0.2, -0.15) is 0 Å². The van der Waals surface area contributed by atoms with Crippen LogP contribution in [0.2, 0.25) is 0 Å². The highest BCUT2D eigenvalue weighted by Crippen LogP contribution is 2.22. The molecule has 1 atom stereocenters. The van der Waals surface area contributed by atoms with Crippen molar-refractivity contribution in [2.24, 2.45) is 0 Å². The Balaban J connectivity index is 1.36. The Morgan fingerprint density at radius 2 is 1.79 bits per heavy atom. The molecule has 1 unspecified atom stereocenters. The first-order valence-electron chi connectivity index (χ1n) is 9.46. The zero-order valence-corrected chi connectivity index (χ0v) is 17.0. The van der Waals surface area contributed by atoms with Gasteiger partial charge in [0.1, 0.15) is 11.6 Å². The minimum absolute atomic E-state index is 0.137. The van der Waals surface area contributed by atoms with Crippen LogP contribution in [0.15, 0.2) is 66.7 Å². The van der Waals surface area contributed by atoms with Crippen LogP contribution in [0.5, 0.6) is 0 Å². The second-order valence-corrected chi connectivity index (χ2v) is 8.43. The monoisotopic (exact) mass is 390 g/mol. The van der Waals surface area contributed by atoms with E-state index in [1.807, 2.05) is 25.2 Å².